The van der Waals surface area contributed by atoms with E-state index in [1.165, 1.54) is 17.3 Å². The Morgan fingerprint density at radius 1 is 1.19 bits per heavy atom. The van der Waals surface area contributed by atoms with Gasteiger partial charge in [0.15, 0.2) is 5.82 Å². The number of methoxy groups -OCH3 is 1. The van der Waals surface area contributed by atoms with Crippen LogP contribution in [-0.4, -0.2) is 60.2 Å². The van der Waals surface area contributed by atoms with Crippen LogP contribution in [0.1, 0.15) is 28.4 Å². The summed E-state index contributed by atoms with van der Waals surface area (Å²) in [5.74, 6) is 2.98. The zero-order valence-electron chi connectivity index (χ0n) is 21.1. The van der Waals surface area contributed by atoms with Gasteiger partial charge in [-0.05, 0) is 55.2 Å². The molecule has 3 aromatic rings. The van der Waals surface area contributed by atoms with E-state index >= 15 is 0 Å². The minimum absolute atomic E-state index is 0.289. The van der Waals surface area contributed by atoms with Gasteiger partial charge in [0, 0.05) is 32.4 Å². The molecule has 9 heteroatoms. The number of rotatable bonds is 9. The Labute approximate surface area is 222 Å². The van der Waals surface area contributed by atoms with E-state index in [9.17, 15) is 4.79 Å². The number of hydrogen-bond acceptors (Lipinski definition) is 7. The molecular weight excluding hydrogens is 488 g/mol. The van der Waals surface area contributed by atoms with Gasteiger partial charge in [0.05, 0.1) is 30.1 Å². The summed E-state index contributed by atoms with van der Waals surface area (Å²) in [5, 5.41) is 9.56. The highest BCUT2D eigenvalue weighted by atomic mass is 35.5. The maximum atomic E-state index is 12.7. The van der Waals surface area contributed by atoms with Crippen LogP contribution >= 0.6 is 11.6 Å². The number of aromatic nitrogens is 2. The molecule has 0 aliphatic carbocycles. The van der Waals surface area contributed by atoms with Gasteiger partial charge in [0.2, 0.25) is 5.95 Å². The lowest BCUT2D eigenvalue weighted by molar-refractivity contribution is 0.0949. The topological polar surface area (TPSA) is 91.4 Å². The fourth-order valence-corrected chi connectivity index (χ4v) is 4.31. The van der Waals surface area contributed by atoms with E-state index in [2.05, 4.69) is 48.9 Å². The van der Waals surface area contributed by atoms with Gasteiger partial charge in [-0.1, -0.05) is 35.7 Å². The molecule has 0 fully saturated rings. The number of carbonyl (C=O) groups excluding carboxylic acids is 1. The van der Waals surface area contributed by atoms with Crippen molar-refractivity contribution in [3.63, 3.8) is 0 Å². The second kappa shape index (κ2) is 12.5. The van der Waals surface area contributed by atoms with Crippen molar-refractivity contribution in [2.75, 3.05) is 44.0 Å². The normalized spacial score (nSPS) is 14.1. The third-order valence-corrected chi connectivity index (χ3v) is 6.51. The molecule has 1 aliphatic heterocycles. The van der Waals surface area contributed by atoms with E-state index in [1.54, 1.807) is 32.2 Å². The van der Waals surface area contributed by atoms with Crippen LogP contribution in [0, 0.1) is 12.3 Å². The molecule has 2 aromatic carbocycles. The number of anilines is 4. The van der Waals surface area contributed by atoms with E-state index in [-0.39, 0.29) is 5.91 Å². The third kappa shape index (κ3) is 6.98. The standard InChI is InChI=1S/C28H31ClN6O2/c1-4-19(2)31-27(36)23-7-5-6-8-25(23)33-26-24(29)18-30-28(34-26)32-22-10-9-20-11-13-35(15-16-37-3)14-12-21(20)17-22/h1,5-10,17-19H,11-16H2,2-3H3,(H,31,36)(H2,30,32,33,34). The molecule has 1 unspecified atom stereocenters. The monoisotopic (exact) mass is 518 g/mol. The predicted octanol–water partition coefficient (Wildman–Crippen LogP) is 4.42. The van der Waals surface area contributed by atoms with Gasteiger partial charge in [-0.2, -0.15) is 4.98 Å². The second-order valence-corrected chi connectivity index (χ2v) is 9.27. The van der Waals surface area contributed by atoms with Gasteiger partial charge in [-0.3, -0.25) is 4.79 Å². The Kier molecular flexibility index (Phi) is 8.96. The minimum atomic E-state index is -0.395. The van der Waals surface area contributed by atoms with Crippen LogP contribution in [0.25, 0.3) is 0 Å². The van der Waals surface area contributed by atoms with Crippen LogP contribution in [0.4, 0.5) is 23.1 Å². The van der Waals surface area contributed by atoms with Crippen molar-refractivity contribution in [3.8, 4) is 12.3 Å². The maximum absolute atomic E-state index is 12.7. The molecule has 1 amide bonds. The average molecular weight is 519 g/mol. The number of ether oxygens (including phenoxy) is 1. The van der Waals surface area contributed by atoms with Crippen molar-refractivity contribution in [2.24, 2.45) is 0 Å². The summed E-state index contributed by atoms with van der Waals surface area (Å²) < 4.78 is 5.23. The Bertz CT molecular complexity index is 1290. The van der Waals surface area contributed by atoms with Crippen LogP contribution in [-0.2, 0) is 17.6 Å². The van der Waals surface area contributed by atoms with Crippen molar-refractivity contribution in [1.29, 1.82) is 0 Å². The number of nitrogens with one attached hydrogen (secondary N) is 3. The first-order valence-corrected chi connectivity index (χ1v) is 12.6. The number of fused-ring (bicyclic) bond motifs is 1. The summed E-state index contributed by atoms with van der Waals surface area (Å²) >= 11 is 6.39. The molecule has 3 N–H and O–H groups in total. The number of para-hydroxylation sites is 1. The molecule has 37 heavy (non-hydrogen) atoms. The zero-order valence-corrected chi connectivity index (χ0v) is 21.8. The largest absolute Gasteiger partial charge is 0.383 e. The summed E-state index contributed by atoms with van der Waals surface area (Å²) in [5.41, 5.74) is 4.57. The average Bonchev–Trinajstić information content (AvgIpc) is 3.11. The number of halogens is 1. The van der Waals surface area contributed by atoms with E-state index in [0.717, 1.165) is 44.8 Å². The van der Waals surface area contributed by atoms with Gasteiger partial charge in [0.25, 0.3) is 5.91 Å². The fraction of sp³-hybridized carbons (Fsp3) is 0.321. The van der Waals surface area contributed by atoms with Crippen LogP contribution < -0.4 is 16.0 Å². The fourth-order valence-electron chi connectivity index (χ4n) is 4.17. The van der Waals surface area contributed by atoms with Gasteiger partial charge in [0.1, 0.15) is 5.02 Å². The zero-order chi connectivity index (χ0) is 26.2. The number of carbonyl (C=O) groups is 1. The highest BCUT2D eigenvalue weighted by molar-refractivity contribution is 6.33. The van der Waals surface area contributed by atoms with Crippen molar-refractivity contribution in [2.45, 2.75) is 25.8 Å². The molecular formula is C28H31ClN6O2. The first kappa shape index (κ1) is 26.4. The molecule has 192 valence electrons. The Balaban J connectivity index is 1.49. The molecule has 2 heterocycles. The second-order valence-electron chi connectivity index (χ2n) is 8.87. The van der Waals surface area contributed by atoms with Crippen LogP contribution in [0.3, 0.4) is 0 Å². The quantitative estimate of drug-likeness (QED) is 0.361. The summed E-state index contributed by atoms with van der Waals surface area (Å²) in [7, 11) is 1.74. The Morgan fingerprint density at radius 2 is 1.97 bits per heavy atom. The Hall–Kier alpha value is -3.64. The van der Waals surface area contributed by atoms with Crippen molar-refractivity contribution >= 4 is 40.6 Å². The summed E-state index contributed by atoms with van der Waals surface area (Å²) in [6.45, 7) is 5.45. The molecule has 8 nitrogen and oxygen atoms in total. The highest BCUT2D eigenvalue weighted by Crippen LogP contribution is 2.28. The number of hydrogen-bond donors (Lipinski definition) is 3. The molecule has 0 saturated heterocycles. The van der Waals surface area contributed by atoms with Crippen LogP contribution in [0.15, 0.2) is 48.7 Å². The molecule has 4 rings (SSSR count). The predicted molar refractivity (Wildman–Crippen MR) is 148 cm³/mol. The molecule has 0 radical (unpaired) electrons. The van der Waals surface area contributed by atoms with Gasteiger partial charge < -0.3 is 25.6 Å². The smallest absolute Gasteiger partial charge is 0.254 e. The summed E-state index contributed by atoms with van der Waals surface area (Å²) in [4.78, 5) is 24.0. The molecule has 0 bridgehead atoms. The van der Waals surface area contributed by atoms with Gasteiger partial charge >= 0.3 is 0 Å². The van der Waals surface area contributed by atoms with Crippen molar-refractivity contribution in [1.82, 2.24) is 20.2 Å². The minimum Gasteiger partial charge on any atom is -0.383 e. The van der Waals surface area contributed by atoms with Crippen molar-refractivity contribution < 1.29 is 9.53 Å². The number of benzene rings is 2. The lowest BCUT2D eigenvalue weighted by Crippen LogP contribution is -2.31. The SMILES string of the molecule is C#CC(C)NC(=O)c1ccccc1Nc1nc(Nc2ccc3c(c2)CCN(CCOC)CC3)ncc1Cl. The molecule has 0 saturated carbocycles. The number of nitrogens with zero attached hydrogens (tertiary/aromatic N) is 3. The first-order chi connectivity index (χ1) is 18.0. The molecule has 0 spiro atoms. The Morgan fingerprint density at radius 3 is 2.76 bits per heavy atom. The molecule has 1 aromatic heterocycles. The van der Waals surface area contributed by atoms with Gasteiger partial charge in [-0.25, -0.2) is 4.98 Å². The van der Waals surface area contributed by atoms with Crippen LogP contribution in [0.5, 0.6) is 0 Å². The highest BCUT2D eigenvalue weighted by Gasteiger charge is 2.16. The lowest BCUT2D eigenvalue weighted by atomic mass is 10.0. The molecule has 1 aliphatic rings. The summed E-state index contributed by atoms with van der Waals surface area (Å²) in [6, 6.07) is 13.1. The lowest BCUT2D eigenvalue weighted by Gasteiger charge is -2.18. The number of amides is 1. The maximum Gasteiger partial charge on any atom is 0.254 e. The summed E-state index contributed by atoms with van der Waals surface area (Å²) in [6.07, 6.45) is 8.91. The third-order valence-electron chi connectivity index (χ3n) is 6.24. The first-order valence-electron chi connectivity index (χ1n) is 12.2. The molecule has 1 atom stereocenters. The van der Waals surface area contributed by atoms with E-state index in [1.807, 2.05) is 12.1 Å². The number of terminal acetylenes is 1. The van der Waals surface area contributed by atoms with Gasteiger partial charge in [-0.15, -0.1) is 6.42 Å². The van der Waals surface area contributed by atoms with Crippen LogP contribution in [0.2, 0.25) is 5.02 Å². The van der Waals surface area contributed by atoms with Crippen molar-refractivity contribution in [3.05, 3.63) is 70.4 Å². The van der Waals surface area contributed by atoms with E-state index in [4.69, 9.17) is 22.8 Å². The van der Waals surface area contributed by atoms with E-state index in [0.29, 0.717) is 28.0 Å². The van der Waals surface area contributed by atoms with E-state index < -0.39 is 6.04 Å².